The number of H-pyrrole nitrogens is 1. The van der Waals surface area contributed by atoms with Crippen molar-refractivity contribution in [1.29, 1.82) is 0 Å². The maximum atomic E-state index is 12.2. The van der Waals surface area contributed by atoms with Gasteiger partial charge >= 0.3 is 5.69 Å². The van der Waals surface area contributed by atoms with Crippen molar-refractivity contribution in [2.24, 2.45) is 12.1 Å². The van der Waals surface area contributed by atoms with Crippen LogP contribution in [0.15, 0.2) is 39.0 Å². The molecule has 1 aromatic carbocycles. The van der Waals surface area contributed by atoms with Crippen LogP contribution in [-0.4, -0.2) is 41.6 Å². The van der Waals surface area contributed by atoms with Crippen LogP contribution in [0.25, 0.3) is 11.2 Å². The Bertz CT molecular complexity index is 1090. The largest absolute Gasteiger partial charge is 0.508 e. The van der Waals surface area contributed by atoms with Crippen LogP contribution >= 0.6 is 0 Å². The summed E-state index contributed by atoms with van der Waals surface area (Å²) in [6, 6.07) is 6.49. The van der Waals surface area contributed by atoms with Gasteiger partial charge in [0.1, 0.15) is 5.75 Å². The minimum absolute atomic E-state index is 0.0851. The van der Waals surface area contributed by atoms with E-state index in [4.69, 9.17) is 0 Å². The summed E-state index contributed by atoms with van der Waals surface area (Å²) >= 11 is 0. The molecule has 0 aliphatic carbocycles. The lowest BCUT2D eigenvalue weighted by Gasteiger charge is -2.09. The summed E-state index contributed by atoms with van der Waals surface area (Å²) in [5.74, 6) is 0.306. The number of aromatic amines is 1. The number of nitrogens with one attached hydrogen (secondary N) is 2. The van der Waals surface area contributed by atoms with Gasteiger partial charge in [0.05, 0.1) is 18.9 Å². The number of fused-ring (bicyclic) bond motifs is 1. The van der Waals surface area contributed by atoms with E-state index in [9.17, 15) is 19.8 Å². The molecule has 0 spiro atoms. The monoisotopic (exact) mass is 358 g/mol. The zero-order valence-electron chi connectivity index (χ0n) is 14.2. The second kappa shape index (κ2) is 6.84. The van der Waals surface area contributed by atoms with Gasteiger partial charge in [0, 0.05) is 7.05 Å². The highest BCUT2D eigenvalue weighted by Crippen LogP contribution is 2.16. The third kappa shape index (κ3) is 3.35. The third-order valence-corrected chi connectivity index (χ3v) is 3.70. The van der Waals surface area contributed by atoms with E-state index in [1.165, 1.54) is 28.5 Å². The lowest BCUT2D eigenvalue weighted by atomic mass is 10.2. The molecule has 0 amide bonds. The molecule has 136 valence electrons. The molecule has 3 aromatic rings. The number of imidazole rings is 1. The third-order valence-electron chi connectivity index (χ3n) is 3.70. The quantitative estimate of drug-likeness (QED) is 0.373. The van der Waals surface area contributed by atoms with E-state index >= 15 is 0 Å². The van der Waals surface area contributed by atoms with Crippen molar-refractivity contribution in [3.63, 3.8) is 0 Å². The van der Waals surface area contributed by atoms with E-state index in [2.05, 4.69) is 20.5 Å². The number of hydrogen-bond acceptors (Lipinski definition) is 7. The Kier molecular flexibility index (Phi) is 4.59. The zero-order chi connectivity index (χ0) is 18.8. The highest BCUT2D eigenvalue weighted by Gasteiger charge is 2.18. The predicted molar refractivity (Wildman–Crippen MR) is 96.6 cm³/mol. The fourth-order valence-corrected chi connectivity index (χ4v) is 2.53. The van der Waals surface area contributed by atoms with Gasteiger partial charge in [-0.3, -0.25) is 14.3 Å². The van der Waals surface area contributed by atoms with Crippen molar-refractivity contribution in [2.75, 3.05) is 5.43 Å². The Morgan fingerprint density at radius 1 is 1.42 bits per heavy atom. The van der Waals surface area contributed by atoms with E-state index in [-0.39, 0.29) is 29.4 Å². The van der Waals surface area contributed by atoms with Gasteiger partial charge in [0.2, 0.25) is 5.95 Å². The van der Waals surface area contributed by atoms with Gasteiger partial charge < -0.3 is 14.8 Å². The molecular weight excluding hydrogens is 340 g/mol. The van der Waals surface area contributed by atoms with E-state index in [1.54, 1.807) is 25.1 Å². The smallest absolute Gasteiger partial charge is 0.329 e. The summed E-state index contributed by atoms with van der Waals surface area (Å²) < 4.78 is 2.66. The maximum absolute atomic E-state index is 12.2. The van der Waals surface area contributed by atoms with E-state index < -0.39 is 17.4 Å². The fraction of sp³-hybridized carbons (Fsp3) is 0.250. The van der Waals surface area contributed by atoms with Crippen LogP contribution in [0.1, 0.15) is 12.5 Å². The molecule has 26 heavy (non-hydrogen) atoms. The first-order valence-corrected chi connectivity index (χ1v) is 7.82. The maximum Gasteiger partial charge on any atom is 0.329 e. The minimum atomic E-state index is -0.750. The number of aliphatic hydroxyl groups excluding tert-OH is 1. The van der Waals surface area contributed by atoms with Crippen molar-refractivity contribution < 1.29 is 10.2 Å². The average molecular weight is 358 g/mol. The summed E-state index contributed by atoms with van der Waals surface area (Å²) in [4.78, 5) is 30.4. The van der Waals surface area contributed by atoms with Crippen molar-refractivity contribution in [3.05, 3.63) is 50.7 Å². The van der Waals surface area contributed by atoms with Crippen LogP contribution in [0, 0.1) is 0 Å². The van der Waals surface area contributed by atoms with Gasteiger partial charge in [-0.2, -0.15) is 10.1 Å². The van der Waals surface area contributed by atoms with Crippen molar-refractivity contribution in [3.8, 4) is 5.75 Å². The molecule has 0 fully saturated rings. The van der Waals surface area contributed by atoms with E-state index in [0.717, 1.165) is 0 Å². The molecule has 10 heteroatoms. The number of phenols is 1. The van der Waals surface area contributed by atoms with Crippen LogP contribution in [-0.2, 0) is 13.6 Å². The number of aromatic nitrogens is 4. The number of aryl methyl sites for hydroxylation is 1. The van der Waals surface area contributed by atoms with E-state index in [0.29, 0.717) is 5.56 Å². The van der Waals surface area contributed by atoms with Crippen LogP contribution in [0.4, 0.5) is 5.95 Å². The number of aromatic hydroxyl groups is 1. The topological polar surface area (TPSA) is 138 Å². The van der Waals surface area contributed by atoms with Crippen molar-refractivity contribution in [1.82, 2.24) is 19.1 Å². The van der Waals surface area contributed by atoms with Crippen LogP contribution in [0.3, 0.4) is 0 Å². The molecule has 2 heterocycles. The molecule has 4 N–H and O–H groups in total. The van der Waals surface area contributed by atoms with Gasteiger partial charge in [-0.05, 0) is 24.6 Å². The van der Waals surface area contributed by atoms with Crippen LogP contribution in [0.5, 0.6) is 5.75 Å². The summed E-state index contributed by atoms with van der Waals surface area (Å²) in [5.41, 5.74) is 2.51. The van der Waals surface area contributed by atoms with Gasteiger partial charge in [0.15, 0.2) is 11.2 Å². The standard InChI is InChI=1S/C16H18N6O4/c1-9(23)8-22-12-13(21(2)16(26)19-14(12)25)18-15(22)20-17-7-10-4-3-5-11(24)6-10/h3-7,9,23-24H,8H2,1-2H3,(H,18,20)(H,19,25,26). The van der Waals surface area contributed by atoms with Gasteiger partial charge in [-0.15, -0.1) is 0 Å². The number of aliphatic hydroxyl groups is 1. The first-order valence-electron chi connectivity index (χ1n) is 7.82. The van der Waals surface area contributed by atoms with Crippen LogP contribution in [0.2, 0.25) is 0 Å². The number of benzene rings is 1. The predicted octanol–water partition coefficient (Wildman–Crippen LogP) is -0.0443. The number of hydrogen-bond donors (Lipinski definition) is 4. The normalized spacial score (nSPS) is 12.7. The molecule has 0 aliphatic heterocycles. The van der Waals surface area contributed by atoms with E-state index in [1.807, 2.05) is 0 Å². The SMILES string of the molecule is CC(O)Cn1c(NN=Cc2cccc(O)c2)nc2c1c(=O)[nH]c(=O)n2C. The summed E-state index contributed by atoms with van der Waals surface area (Å²) in [7, 11) is 1.49. The summed E-state index contributed by atoms with van der Waals surface area (Å²) in [5, 5.41) is 23.2. The molecule has 3 rings (SSSR count). The molecule has 0 saturated carbocycles. The number of nitrogens with zero attached hydrogens (tertiary/aromatic N) is 4. The second-order valence-corrected chi connectivity index (χ2v) is 5.85. The second-order valence-electron chi connectivity index (χ2n) is 5.85. The molecular formula is C16H18N6O4. The Labute approximate surface area is 147 Å². The van der Waals surface area contributed by atoms with Gasteiger partial charge in [-0.25, -0.2) is 10.2 Å². The number of hydrazone groups is 1. The Morgan fingerprint density at radius 3 is 2.88 bits per heavy atom. The molecule has 10 nitrogen and oxygen atoms in total. The highest BCUT2D eigenvalue weighted by atomic mass is 16.3. The molecule has 0 bridgehead atoms. The molecule has 0 aliphatic rings. The molecule has 1 unspecified atom stereocenters. The Balaban J connectivity index is 2.04. The van der Waals surface area contributed by atoms with Crippen molar-refractivity contribution in [2.45, 2.75) is 19.6 Å². The molecule has 1 atom stereocenters. The lowest BCUT2D eigenvalue weighted by Crippen LogP contribution is -2.29. The average Bonchev–Trinajstić information content (AvgIpc) is 2.91. The molecule has 2 aromatic heterocycles. The van der Waals surface area contributed by atoms with Crippen LogP contribution < -0.4 is 16.7 Å². The summed E-state index contributed by atoms with van der Waals surface area (Å²) in [6.07, 6.45) is 0.717. The minimum Gasteiger partial charge on any atom is -0.508 e. The van der Waals surface area contributed by atoms with Gasteiger partial charge in [0.25, 0.3) is 5.56 Å². The number of rotatable bonds is 5. The zero-order valence-corrected chi connectivity index (χ0v) is 14.2. The number of phenolic OH excluding ortho intramolecular Hbond substituents is 1. The number of anilines is 1. The highest BCUT2D eigenvalue weighted by molar-refractivity contribution is 5.81. The molecule has 0 saturated heterocycles. The van der Waals surface area contributed by atoms with Gasteiger partial charge in [-0.1, -0.05) is 12.1 Å². The Morgan fingerprint density at radius 2 is 2.19 bits per heavy atom. The Hall–Kier alpha value is -3.40. The summed E-state index contributed by atoms with van der Waals surface area (Å²) in [6.45, 7) is 1.66. The lowest BCUT2D eigenvalue weighted by molar-refractivity contribution is 0.175. The fourth-order valence-electron chi connectivity index (χ4n) is 2.53. The van der Waals surface area contributed by atoms with Crippen molar-refractivity contribution >= 4 is 23.3 Å². The first-order chi connectivity index (χ1) is 12.4. The molecule has 0 radical (unpaired) electrons. The first kappa shape index (κ1) is 17.4.